The van der Waals surface area contributed by atoms with E-state index in [9.17, 15) is 33.7 Å². The Labute approximate surface area is 222 Å². The van der Waals surface area contributed by atoms with Crippen LogP contribution in [0, 0.1) is 0 Å². The minimum absolute atomic E-state index is 0.184. The van der Waals surface area contributed by atoms with Gasteiger partial charge in [0.2, 0.25) is 20.0 Å². The number of hydrogen-bond acceptors (Lipinski definition) is 10. The summed E-state index contributed by atoms with van der Waals surface area (Å²) < 4.78 is 119. The Morgan fingerprint density at radius 2 is 0.842 bits per heavy atom. The van der Waals surface area contributed by atoms with Crippen molar-refractivity contribution in [2.24, 2.45) is 0 Å². The zero-order chi connectivity index (χ0) is 27.7. The second kappa shape index (κ2) is 9.16. The van der Waals surface area contributed by atoms with Crippen LogP contribution in [-0.4, -0.2) is 104 Å². The molecular formula is C22H26N2O10S4. The third kappa shape index (κ3) is 4.50. The van der Waals surface area contributed by atoms with Crippen molar-refractivity contribution in [1.82, 2.24) is 8.61 Å². The molecule has 0 saturated carbocycles. The number of piperazine rings is 1. The molecule has 3 fully saturated rings. The van der Waals surface area contributed by atoms with Gasteiger partial charge in [-0.3, -0.25) is 0 Å². The summed E-state index contributed by atoms with van der Waals surface area (Å²) in [5, 5.41) is 0. The molecule has 0 N–H and O–H groups in total. The second-order valence-electron chi connectivity index (χ2n) is 9.44. The summed E-state index contributed by atoms with van der Waals surface area (Å²) in [6, 6.07) is 5.57. The van der Waals surface area contributed by atoms with Gasteiger partial charge in [-0.15, -0.1) is 0 Å². The second-order valence-corrected chi connectivity index (χ2v) is 17.4. The molecule has 12 nitrogen and oxygen atoms in total. The van der Waals surface area contributed by atoms with Crippen LogP contribution in [0.3, 0.4) is 0 Å². The van der Waals surface area contributed by atoms with E-state index in [2.05, 4.69) is 0 Å². The molecule has 3 heterocycles. The first-order chi connectivity index (χ1) is 17.7. The maximum Gasteiger partial charge on any atom is 0.243 e. The number of hydrogen-bond donors (Lipinski definition) is 0. The van der Waals surface area contributed by atoms with Crippen molar-refractivity contribution in [2.45, 2.75) is 34.0 Å². The number of methoxy groups -OCH3 is 2. The lowest BCUT2D eigenvalue weighted by Crippen LogP contribution is -2.69. The third-order valence-electron chi connectivity index (χ3n) is 7.16. The van der Waals surface area contributed by atoms with Crippen molar-refractivity contribution >= 4 is 39.7 Å². The molecule has 3 aliphatic heterocycles. The number of nitrogens with zero attached hydrogens (tertiary/aromatic N) is 2. The van der Waals surface area contributed by atoms with E-state index in [4.69, 9.17) is 9.47 Å². The summed E-state index contributed by atoms with van der Waals surface area (Å²) in [4.78, 5) is -0.369. The van der Waals surface area contributed by atoms with Gasteiger partial charge in [0.1, 0.15) is 11.5 Å². The van der Waals surface area contributed by atoms with E-state index < -0.39 is 86.9 Å². The van der Waals surface area contributed by atoms with Crippen LogP contribution in [0.5, 0.6) is 11.5 Å². The zero-order valence-corrected chi connectivity index (χ0v) is 23.6. The molecule has 38 heavy (non-hydrogen) atoms. The number of sulfone groups is 2. The number of sulfonamides is 2. The quantitative estimate of drug-likeness (QED) is 0.428. The van der Waals surface area contributed by atoms with Gasteiger partial charge in [-0.2, -0.15) is 8.61 Å². The van der Waals surface area contributed by atoms with Gasteiger partial charge in [-0.05, 0) is 48.5 Å². The lowest BCUT2D eigenvalue weighted by Gasteiger charge is -2.48. The molecule has 3 saturated heterocycles. The van der Waals surface area contributed by atoms with Crippen molar-refractivity contribution in [2.75, 3.05) is 37.2 Å². The Morgan fingerprint density at radius 3 is 1.08 bits per heavy atom. The molecule has 0 spiro atoms. The van der Waals surface area contributed by atoms with Crippen LogP contribution in [0.2, 0.25) is 0 Å². The van der Waals surface area contributed by atoms with Crippen molar-refractivity contribution in [1.29, 1.82) is 0 Å². The molecule has 3 aliphatic rings. The number of rotatable bonds is 6. The fraction of sp³-hybridized carbons (Fsp3) is 0.455. The summed E-state index contributed by atoms with van der Waals surface area (Å²) in [5.74, 6) is -1.75. The predicted octanol–water partition coefficient (Wildman–Crippen LogP) is -0.270. The highest BCUT2D eigenvalue weighted by Crippen LogP contribution is 2.43. The Morgan fingerprint density at radius 1 is 0.579 bits per heavy atom. The van der Waals surface area contributed by atoms with E-state index in [-0.39, 0.29) is 9.79 Å². The molecule has 2 aromatic rings. The van der Waals surface area contributed by atoms with Gasteiger partial charge in [-0.1, -0.05) is 0 Å². The fourth-order valence-corrected chi connectivity index (χ4v) is 13.5. The molecule has 4 atom stereocenters. The highest BCUT2D eigenvalue weighted by Gasteiger charge is 2.63. The van der Waals surface area contributed by atoms with E-state index >= 15 is 0 Å². The first kappa shape index (κ1) is 27.3. The van der Waals surface area contributed by atoms with Crippen molar-refractivity contribution in [3.05, 3.63) is 48.5 Å². The number of fused-ring (bicyclic) bond motifs is 2. The molecule has 0 aromatic heterocycles. The van der Waals surface area contributed by atoms with Gasteiger partial charge in [0.05, 0.1) is 71.2 Å². The largest absolute Gasteiger partial charge is 0.497 e. The molecule has 0 unspecified atom stereocenters. The Bertz CT molecular complexity index is 1510. The summed E-state index contributed by atoms with van der Waals surface area (Å²) in [5.41, 5.74) is 0. The third-order valence-corrected chi connectivity index (χ3v) is 14.5. The summed E-state index contributed by atoms with van der Waals surface area (Å²) in [6.45, 7) is 0. The average molecular weight is 607 g/mol. The van der Waals surface area contributed by atoms with Gasteiger partial charge in [-0.25, -0.2) is 33.7 Å². The van der Waals surface area contributed by atoms with Gasteiger partial charge in [0, 0.05) is 0 Å². The average Bonchev–Trinajstić information content (AvgIpc) is 3.34. The fourth-order valence-electron chi connectivity index (χ4n) is 5.54. The number of ether oxygens (including phenoxy) is 2. The minimum atomic E-state index is -4.43. The van der Waals surface area contributed by atoms with E-state index in [1.54, 1.807) is 0 Å². The van der Waals surface area contributed by atoms with Gasteiger partial charge < -0.3 is 9.47 Å². The van der Waals surface area contributed by atoms with Gasteiger partial charge in [0.25, 0.3) is 0 Å². The molecule has 16 heteroatoms. The van der Waals surface area contributed by atoms with Crippen molar-refractivity contribution < 1.29 is 43.1 Å². The zero-order valence-electron chi connectivity index (χ0n) is 20.4. The van der Waals surface area contributed by atoms with Crippen LogP contribution in [-0.2, 0) is 39.7 Å². The Balaban J connectivity index is 1.67. The van der Waals surface area contributed by atoms with E-state index in [1.165, 1.54) is 62.8 Å². The van der Waals surface area contributed by atoms with Gasteiger partial charge in [0.15, 0.2) is 19.7 Å². The van der Waals surface area contributed by atoms with Crippen LogP contribution in [0.1, 0.15) is 0 Å². The predicted molar refractivity (Wildman–Crippen MR) is 136 cm³/mol. The summed E-state index contributed by atoms with van der Waals surface area (Å²) in [6.07, 6.45) is 0. The monoisotopic (exact) mass is 606 g/mol. The van der Waals surface area contributed by atoms with Crippen LogP contribution >= 0.6 is 0 Å². The topological polar surface area (TPSA) is 162 Å². The van der Waals surface area contributed by atoms with Crippen molar-refractivity contribution in [3.63, 3.8) is 0 Å². The van der Waals surface area contributed by atoms with E-state index in [0.717, 1.165) is 8.61 Å². The maximum absolute atomic E-state index is 13.9. The lowest BCUT2D eigenvalue weighted by molar-refractivity contribution is 0.0841. The highest BCUT2D eigenvalue weighted by atomic mass is 32.2. The van der Waals surface area contributed by atoms with Gasteiger partial charge >= 0.3 is 0 Å². The van der Waals surface area contributed by atoms with Crippen LogP contribution in [0.4, 0.5) is 0 Å². The van der Waals surface area contributed by atoms with Crippen LogP contribution in [0.25, 0.3) is 0 Å². The van der Waals surface area contributed by atoms with Crippen LogP contribution < -0.4 is 9.47 Å². The highest BCUT2D eigenvalue weighted by molar-refractivity contribution is 7.93. The molecular weight excluding hydrogens is 581 g/mol. The first-order valence-electron chi connectivity index (χ1n) is 11.5. The normalized spacial score (nSPS) is 28.9. The smallest absolute Gasteiger partial charge is 0.243 e. The Kier molecular flexibility index (Phi) is 6.59. The molecule has 0 radical (unpaired) electrons. The van der Waals surface area contributed by atoms with E-state index in [0.29, 0.717) is 11.5 Å². The van der Waals surface area contributed by atoms with Crippen LogP contribution in [0.15, 0.2) is 58.3 Å². The minimum Gasteiger partial charge on any atom is -0.497 e. The molecule has 0 aliphatic carbocycles. The maximum atomic E-state index is 13.9. The molecule has 2 aromatic carbocycles. The summed E-state index contributed by atoms with van der Waals surface area (Å²) in [7, 11) is -13.8. The molecule has 208 valence electrons. The standard InChI is InChI=1S/C22H26N2O10S4/c1-33-15-3-7-17(8-4-15)37(29,30)23-19-11-35(25,26)13-21(19)24(22-14-36(27,28)12-20(22)23)38(31,32)18-9-5-16(34-2)6-10-18/h3-10,19-22H,11-14H2,1-2H3/t19-,20+,21+,22-. The molecule has 5 rings (SSSR count). The van der Waals surface area contributed by atoms with Crippen molar-refractivity contribution in [3.8, 4) is 11.5 Å². The summed E-state index contributed by atoms with van der Waals surface area (Å²) >= 11 is 0. The molecule has 0 amide bonds. The van der Waals surface area contributed by atoms with E-state index in [1.807, 2.05) is 0 Å². The molecule has 0 bridgehead atoms. The Hall–Kier alpha value is -2.24. The first-order valence-corrected chi connectivity index (χ1v) is 18.0. The number of benzene rings is 2. The SMILES string of the molecule is COc1ccc(S(=O)(=O)N2[C@@H]3CS(=O)(=O)C[C@@H]3N(S(=O)(=O)c3ccc(OC)cc3)[C@@H]3CS(=O)(=O)C[C@@H]32)cc1. The lowest BCUT2D eigenvalue weighted by atomic mass is 10.0.